The molecule has 2 rings (SSSR count). The molecule has 0 aromatic heterocycles. The Hall–Kier alpha value is -2.29. The van der Waals surface area contributed by atoms with Gasteiger partial charge in [-0.05, 0) is 48.6 Å². The molecular formula is C18H22N2O. The van der Waals surface area contributed by atoms with Gasteiger partial charge in [0, 0.05) is 17.8 Å². The molecule has 0 heterocycles. The SMILES string of the molecule is CCc1ccc(CCC(=O)Nc2cc(N)ccc2C)cc1. The van der Waals surface area contributed by atoms with Crippen LogP contribution in [-0.4, -0.2) is 5.91 Å². The Labute approximate surface area is 126 Å². The van der Waals surface area contributed by atoms with E-state index < -0.39 is 0 Å². The van der Waals surface area contributed by atoms with Crippen LogP contribution in [0.5, 0.6) is 0 Å². The number of amides is 1. The summed E-state index contributed by atoms with van der Waals surface area (Å²) in [6.07, 6.45) is 2.26. The average molecular weight is 282 g/mol. The third-order valence-electron chi connectivity index (χ3n) is 3.61. The van der Waals surface area contributed by atoms with Crippen LogP contribution < -0.4 is 11.1 Å². The van der Waals surface area contributed by atoms with Crippen molar-refractivity contribution in [2.75, 3.05) is 11.1 Å². The quantitative estimate of drug-likeness (QED) is 0.821. The van der Waals surface area contributed by atoms with Crippen molar-refractivity contribution >= 4 is 17.3 Å². The van der Waals surface area contributed by atoms with Gasteiger partial charge in [-0.1, -0.05) is 37.3 Å². The Morgan fingerprint density at radius 2 is 1.76 bits per heavy atom. The highest BCUT2D eigenvalue weighted by atomic mass is 16.1. The highest BCUT2D eigenvalue weighted by Gasteiger charge is 2.06. The van der Waals surface area contributed by atoms with Crippen LogP contribution in [0.2, 0.25) is 0 Å². The molecule has 0 unspecified atom stereocenters. The third kappa shape index (κ3) is 4.35. The number of anilines is 2. The number of nitrogens with two attached hydrogens (primary N) is 1. The molecule has 0 spiro atoms. The molecule has 0 bridgehead atoms. The maximum absolute atomic E-state index is 12.0. The van der Waals surface area contributed by atoms with Crippen molar-refractivity contribution in [1.82, 2.24) is 0 Å². The van der Waals surface area contributed by atoms with Crippen LogP contribution in [0.15, 0.2) is 42.5 Å². The van der Waals surface area contributed by atoms with Crippen molar-refractivity contribution in [3.05, 3.63) is 59.2 Å². The van der Waals surface area contributed by atoms with E-state index >= 15 is 0 Å². The minimum absolute atomic E-state index is 0.0169. The highest BCUT2D eigenvalue weighted by Crippen LogP contribution is 2.18. The predicted octanol–water partition coefficient (Wildman–Crippen LogP) is 3.71. The Morgan fingerprint density at radius 3 is 2.43 bits per heavy atom. The monoisotopic (exact) mass is 282 g/mol. The summed E-state index contributed by atoms with van der Waals surface area (Å²) in [6.45, 7) is 4.09. The minimum Gasteiger partial charge on any atom is -0.399 e. The second kappa shape index (κ2) is 6.93. The molecular weight excluding hydrogens is 260 g/mol. The summed E-state index contributed by atoms with van der Waals surface area (Å²) in [7, 11) is 0. The first kappa shape index (κ1) is 15.1. The molecule has 0 saturated carbocycles. The van der Waals surface area contributed by atoms with Crippen LogP contribution in [0.4, 0.5) is 11.4 Å². The Morgan fingerprint density at radius 1 is 1.10 bits per heavy atom. The molecule has 2 aromatic rings. The van der Waals surface area contributed by atoms with E-state index in [0.29, 0.717) is 12.1 Å². The maximum atomic E-state index is 12.0. The van der Waals surface area contributed by atoms with Crippen LogP contribution in [-0.2, 0) is 17.6 Å². The van der Waals surface area contributed by atoms with E-state index in [1.165, 1.54) is 11.1 Å². The lowest BCUT2D eigenvalue weighted by molar-refractivity contribution is -0.116. The summed E-state index contributed by atoms with van der Waals surface area (Å²) < 4.78 is 0. The van der Waals surface area contributed by atoms with E-state index in [0.717, 1.165) is 24.1 Å². The first-order valence-corrected chi connectivity index (χ1v) is 7.32. The molecule has 110 valence electrons. The zero-order valence-electron chi connectivity index (χ0n) is 12.6. The van der Waals surface area contributed by atoms with Gasteiger partial charge >= 0.3 is 0 Å². The minimum atomic E-state index is 0.0169. The molecule has 0 aliphatic heterocycles. The zero-order chi connectivity index (χ0) is 15.2. The lowest BCUT2D eigenvalue weighted by atomic mass is 10.1. The van der Waals surface area contributed by atoms with E-state index in [1.807, 2.05) is 19.1 Å². The van der Waals surface area contributed by atoms with Crippen LogP contribution >= 0.6 is 0 Å². The lowest BCUT2D eigenvalue weighted by Gasteiger charge is -2.09. The number of rotatable bonds is 5. The largest absolute Gasteiger partial charge is 0.399 e. The molecule has 0 radical (unpaired) electrons. The van der Waals surface area contributed by atoms with Gasteiger partial charge in [0.25, 0.3) is 0 Å². The molecule has 3 heteroatoms. The van der Waals surface area contributed by atoms with E-state index in [1.54, 1.807) is 6.07 Å². The number of hydrogen-bond donors (Lipinski definition) is 2. The summed E-state index contributed by atoms with van der Waals surface area (Å²) in [5.41, 5.74) is 10.7. The van der Waals surface area contributed by atoms with Gasteiger partial charge in [-0.25, -0.2) is 0 Å². The Kier molecular flexibility index (Phi) is 4.99. The van der Waals surface area contributed by atoms with E-state index in [4.69, 9.17) is 5.73 Å². The van der Waals surface area contributed by atoms with Crippen LogP contribution in [0.25, 0.3) is 0 Å². The number of nitrogen functional groups attached to an aromatic ring is 1. The van der Waals surface area contributed by atoms with E-state index in [-0.39, 0.29) is 5.91 Å². The molecule has 3 N–H and O–H groups in total. The van der Waals surface area contributed by atoms with Crippen molar-refractivity contribution in [3.63, 3.8) is 0 Å². The fraction of sp³-hybridized carbons (Fsp3) is 0.278. The second-order valence-electron chi connectivity index (χ2n) is 5.29. The van der Waals surface area contributed by atoms with Crippen molar-refractivity contribution in [3.8, 4) is 0 Å². The lowest BCUT2D eigenvalue weighted by Crippen LogP contribution is -2.13. The van der Waals surface area contributed by atoms with E-state index in [2.05, 4.69) is 36.5 Å². The summed E-state index contributed by atoms with van der Waals surface area (Å²) in [4.78, 5) is 12.0. The first-order chi connectivity index (χ1) is 10.1. The molecule has 21 heavy (non-hydrogen) atoms. The van der Waals surface area contributed by atoms with E-state index in [9.17, 15) is 4.79 Å². The summed E-state index contributed by atoms with van der Waals surface area (Å²) >= 11 is 0. The fourth-order valence-electron chi connectivity index (χ4n) is 2.19. The van der Waals surface area contributed by atoms with Crippen molar-refractivity contribution in [2.45, 2.75) is 33.1 Å². The summed E-state index contributed by atoms with van der Waals surface area (Å²) in [6, 6.07) is 14.0. The average Bonchev–Trinajstić information content (AvgIpc) is 2.49. The first-order valence-electron chi connectivity index (χ1n) is 7.32. The standard InChI is InChI=1S/C18H22N2O/c1-3-14-5-7-15(8-6-14)9-11-18(21)20-17-12-16(19)10-4-13(17)2/h4-8,10,12H,3,9,11,19H2,1-2H3,(H,20,21). The highest BCUT2D eigenvalue weighted by molar-refractivity contribution is 5.92. The second-order valence-corrected chi connectivity index (χ2v) is 5.29. The van der Waals surface area contributed by atoms with Gasteiger partial charge in [0.05, 0.1) is 0 Å². The fourth-order valence-corrected chi connectivity index (χ4v) is 2.19. The van der Waals surface area contributed by atoms with Crippen molar-refractivity contribution in [1.29, 1.82) is 0 Å². The normalized spacial score (nSPS) is 10.4. The number of carbonyl (C=O) groups is 1. The van der Waals surface area contributed by atoms with Gasteiger partial charge in [0.1, 0.15) is 0 Å². The number of hydrogen-bond acceptors (Lipinski definition) is 2. The molecule has 3 nitrogen and oxygen atoms in total. The van der Waals surface area contributed by atoms with Gasteiger partial charge in [0.15, 0.2) is 0 Å². The van der Waals surface area contributed by atoms with Crippen LogP contribution in [0, 0.1) is 6.92 Å². The van der Waals surface area contributed by atoms with Gasteiger partial charge in [-0.3, -0.25) is 4.79 Å². The van der Waals surface area contributed by atoms with Gasteiger partial charge in [-0.2, -0.15) is 0 Å². The number of benzene rings is 2. The maximum Gasteiger partial charge on any atom is 0.224 e. The van der Waals surface area contributed by atoms with Gasteiger partial charge < -0.3 is 11.1 Å². The number of carbonyl (C=O) groups excluding carboxylic acids is 1. The van der Waals surface area contributed by atoms with Gasteiger partial charge in [-0.15, -0.1) is 0 Å². The van der Waals surface area contributed by atoms with Crippen LogP contribution in [0.3, 0.4) is 0 Å². The molecule has 0 saturated heterocycles. The number of aryl methyl sites for hydroxylation is 3. The molecule has 1 amide bonds. The third-order valence-corrected chi connectivity index (χ3v) is 3.61. The van der Waals surface area contributed by atoms with Crippen molar-refractivity contribution < 1.29 is 4.79 Å². The Bertz CT molecular complexity index is 618. The summed E-state index contributed by atoms with van der Waals surface area (Å²) in [5, 5.41) is 2.92. The number of nitrogens with one attached hydrogen (secondary N) is 1. The van der Waals surface area contributed by atoms with Gasteiger partial charge in [0.2, 0.25) is 5.91 Å². The Balaban J connectivity index is 1.91. The molecule has 0 atom stereocenters. The smallest absolute Gasteiger partial charge is 0.224 e. The molecule has 0 aliphatic rings. The molecule has 0 fully saturated rings. The molecule has 0 aliphatic carbocycles. The molecule has 2 aromatic carbocycles. The topological polar surface area (TPSA) is 55.1 Å². The van der Waals surface area contributed by atoms with Crippen molar-refractivity contribution in [2.24, 2.45) is 0 Å². The zero-order valence-corrected chi connectivity index (χ0v) is 12.6. The predicted molar refractivity (Wildman–Crippen MR) is 88.4 cm³/mol. The van der Waals surface area contributed by atoms with Crippen LogP contribution in [0.1, 0.15) is 30.0 Å². The summed E-state index contributed by atoms with van der Waals surface area (Å²) in [5.74, 6) is 0.0169.